The zero-order valence-corrected chi connectivity index (χ0v) is 15.5. The van der Waals surface area contributed by atoms with E-state index in [0.29, 0.717) is 17.8 Å². The van der Waals surface area contributed by atoms with Gasteiger partial charge in [0.05, 0.1) is 17.1 Å². The van der Waals surface area contributed by atoms with Gasteiger partial charge in [0.15, 0.2) is 5.78 Å². The molecule has 7 nitrogen and oxygen atoms in total. The number of nitrogens with one attached hydrogen (secondary N) is 1. The molecule has 0 unspecified atom stereocenters. The fourth-order valence-electron chi connectivity index (χ4n) is 3.15. The van der Waals surface area contributed by atoms with Gasteiger partial charge < -0.3 is 10.1 Å². The summed E-state index contributed by atoms with van der Waals surface area (Å²) in [5.41, 5.74) is 0.497. The summed E-state index contributed by atoms with van der Waals surface area (Å²) in [5, 5.41) is 14.5. The molecule has 1 saturated heterocycles. The molecule has 1 aromatic carbocycles. The topological polar surface area (TPSA) is 84.7 Å². The lowest BCUT2D eigenvalue weighted by Gasteiger charge is -2.45. The summed E-state index contributed by atoms with van der Waals surface area (Å²) in [5.74, 6) is -0.189. The molecule has 7 heteroatoms. The molecule has 0 saturated carbocycles. The number of carbonyl (C=O) groups is 1. The second-order valence-electron chi connectivity index (χ2n) is 7.37. The van der Waals surface area contributed by atoms with Crippen molar-refractivity contribution in [2.24, 2.45) is 0 Å². The second kappa shape index (κ2) is 7.49. The van der Waals surface area contributed by atoms with Crippen LogP contribution in [0.3, 0.4) is 0 Å². The number of hydrogen-bond donors (Lipinski definition) is 1. The third-order valence-corrected chi connectivity index (χ3v) is 4.59. The summed E-state index contributed by atoms with van der Waals surface area (Å²) in [4.78, 5) is 24.7. The number of nitro groups is 1. The standard InChI is InChI=1S/C18H27N3O4/c1-12-9-20(10-13(2)25-12)18(4,5)11-19-16-7-6-15(14(3)22)8-17(16)21(23)24/h6-8,12-13,19H,9-11H2,1-5H3/t12-,13-/m0/s1. The van der Waals surface area contributed by atoms with Gasteiger partial charge in [-0.15, -0.1) is 0 Å². The van der Waals surface area contributed by atoms with E-state index in [1.54, 1.807) is 12.1 Å². The van der Waals surface area contributed by atoms with Gasteiger partial charge in [-0.25, -0.2) is 0 Å². The molecule has 1 N–H and O–H groups in total. The summed E-state index contributed by atoms with van der Waals surface area (Å²) in [6, 6.07) is 4.55. The average molecular weight is 349 g/mol. The van der Waals surface area contributed by atoms with Gasteiger partial charge in [-0.1, -0.05) is 0 Å². The van der Waals surface area contributed by atoms with Crippen LogP contribution in [0.2, 0.25) is 0 Å². The first-order valence-electron chi connectivity index (χ1n) is 8.54. The third kappa shape index (κ3) is 4.76. The number of rotatable bonds is 6. The molecule has 0 radical (unpaired) electrons. The molecule has 1 aliphatic heterocycles. The lowest BCUT2D eigenvalue weighted by Crippen LogP contribution is -2.57. The molecule has 1 aliphatic rings. The fraction of sp³-hybridized carbons (Fsp3) is 0.611. The number of nitrogens with zero attached hydrogens (tertiary/aromatic N) is 2. The highest BCUT2D eigenvalue weighted by molar-refractivity contribution is 5.95. The van der Waals surface area contributed by atoms with Gasteiger partial charge in [-0.2, -0.15) is 0 Å². The molecular weight excluding hydrogens is 322 g/mol. The minimum atomic E-state index is -0.458. The smallest absolute Gasteiger partial charge is 0.293 e. The van der Waals surface area contributed by atoms with Crippen LogP contribution in [0.15, 0.2) is 18.2 Å². The monoisotopic (exact) mass is 349 g/mol. The van der Waals surface area contributed by atoms with Crippen molar-refractivity contribution >= 4 is 17.2 Å². The highest BCUT2D eigenvalue weighted by atomic mass is 16.6. The van der Waals surface area contributed by atoms with Gasteiger partial charge in [0.2, 0.25) is 0 Å². The molecule has 0 amide bonds. The van der Waals surface area contributed by atoms with E-state index in [-0.39, 0.29) is 29.2 Å². The lowest BCUT2D eigenvalue weighted by molar-refractivity contribution is -0.384. The highest BCUT2D eigenvalue weighted by Gasteiger charge is 2.33. The van der Waals surface area contributed by atoms with Crippen molar-refractivity contribution in [2.45, 2.75) is 52.4 Å². The van der Waals surface area contributed by atoms with Crippen LogP contribution in [0, 0.1) is 10.1 Å². The van der Waals surface area contributed by atoms with E-state index in [1.165, 1.54) is 13.0 Å². The average Bonchev–Trinajstić information content (AvgIpc) is 2.51. The highest BCUT2D eigenvalue weighted by Crippen LogP contribution is 2.28. The van der Waals surface area contributed by atoms with Crippen LogP contribution in [-0.2, 0) is 4.74 Å². The Labute approximate surface area is 148 Å². The molecule has 0 spiro atoms. The molecule has 25 heavy (non-hydrogen) atoms. The van der Waals surface area contributed by atoms with Gasteiger partial charge >= 0.3 is 0 Å². The number of ketones is 1. The predicted octanol–water partition coefficient (Wildman–Crippen LogP) is 3.10. The molecule has 1 aromatic rings. The Morgan fingerprint density at radius 1 is 1.36 bits per heavy atom. The lowest BCUT2D eigenvalue weighted by atomic mass is 9.99. The van der Waals surface area contributed by atoms with Gasteiger partial charge in [0, 0.05) is 36.8 Å². The van der Waals surface area contributed by atoms with Crippen molar-refractivity contribution in [1.29, 1.82) is 0 Å². The van der Waals surface area contributed by atoms with Crippen molar-refractivity contribution in [3.8, 4) is 0 Å². The first kappa shape index (κ1) is 19.3. The number of morpholine rings is 1. The maximum Gasteiger partial charge on any atom is 0.293 e. The summed E-state index contributed by atoms with van der Waals surface area (Å²) in [7, 11) is 0. The van der Waals surface area contributed by atoms with Gasteiger partial charge in [0.25, 0.3) is 5.69 Å². The minimum absolute atomic E-state index is 0.0767. The maximum atomic E-state index is 11.5. The Kier molecular flexibility index (Phi) is 5.80. The molecule has 0 aromatic heterocycles. The zero-order valence-electron chi connectivity index (χ0n) is 15.5. The normalized spacial score (nSPS) is 21.8. The van der Waals surface area contributed by atoms with Crippen molar-refractivity contribution in [1.82, 2.24) is 4.90 Å². The quantitative estimate of drug-likeness (QED) is 0.483. The number of benzene rings is 1. The SMILES string of the molecule is CC(=O)c1ccc(NCC(C)(C)N2C[C@H](C)O[C@@H](C)C2)c([N+](=O)[O-])c1. The molecule has 138 valence electrons. The number of carbonyl (C=O) groups excluding carboxylic acids is 1. The molecule has 0 aliphatic carbocycles. The van der Waals surface area contributed by atoms with E-state index in [4.69, 9.17) is 4.74 Å². The summed E-state index contributed by atoms with van der Waals surface area (Å²) in [6.07, 6.45) is 0.319. The Morgan fingerprint density at radius 2 is 1.96 bits per heavy atom. The predicted molar refractivity (Wildman–Crippen MR) is 97.3 cm³/mol. The Hall–Kier alpha value is -1.99. The third-order valence-electron chi connectivity index (χ3n) is 4.59. The molecule has 1 fully saturated rings. The number of Topliss-reactive ketones (excluding diaryl/α,β-unsaturated/α-hetero) is 1. The molecular formula is C18H27N3O4. The molecule has 2 atom stereocenters. The van der Waals surface area contributed by atoms with E-state index >= 15 is 0 Å². The van der Waals surface area contributed by atoms with Crippen molar-refractivity contribution in [3.63, 3.8) is 0 Å². The number of hydrogen-bond acceptors (Lipinski definition) is 6. The summed E-state index contributed by atoms with van der Waals surface area (Å²) >= 11 is 0. The van der Waals surface area contributed by atoms with Crippen molar-refractivity contribution in [3.05, 3.63) is 33.9 Å². The number of ether oxygens (including phenoxy) is 1. The number of nitro benzene ring substituents is 1. The fourth-order valence-corrected chi connectivity index (χ4v) is 3.15. The summed E-state index contributed by atoms with van der Waals surface area (Å²) in [6.45, 7) is 11.9. The second-order valence-corrected chi connectivity index (χ2v) is 7.37. The summed E-state index contributed by atoms with van der Waals surface area (Å²) < 4.78 is 5.78. The Balaban J connectivity index is 2.14. The number of anilines is 1. The van der Waals surface area contributed by atoms with E-state index in [9.17, 15) is 14.9 Å². The molecule has 1 heterocycles. The van der Waals surface area contributed by atoms with E-state index in [0.717, 1.165) is 13.1 Å². The van der Waals surface area contributed by atoms with Crippen LogP contribution in [0.25, 0.3) is 0 Å². The van der Waals surface area contributed by atoms with Crippen LogP contribution in [0.5, 0.6) is 0 Å². The first-order chi connectivity index (χ1) is 11.6. The Bertz CT molecular complexity index is 650. The van der Waals surface area contributed by atoms with Crippen LogP contribution >= 0.6 is 0 Å². The minimum Gasteiger partial charge on any atom is -0.378 e. The Morgan fingerprint density at radius 3 is 2.48 bits per heavy atom. The van der Waals surface area contributed by atoms with Gasteiger partial charge in [-0.05, 0) is 46.8 Å². The maximum absolute atomic E-state index is 11.5. The van der Waals surface area contributed by atoms with Crippen LogP contribution in [-0.4, -0.2) is 53.0 Å². The zero-order chi connectivity index (χ0) is 18.8. The van der Waals surface area contributed by atoms with Gasteiger partial charge in [0.1, 0.15) is 5.69 Å². The van der Waals surface area contributed by atoms with Crippen LogP contribution in [0.4, 0.5) is 11.4 Å². The van der Waals surface area contributed by atoms with E-state index in [2.05, 4.69) is 37.9 Å². The largest absolute Gasteiger partial charge is 0.378 e. The van der Waals surface area contributed by atoms with Gasteiger partial charge in [-0.3, -0.25) is 19.8 Å². The van der Waals surface area contributed by atoms with E-state index in [1.807, 2.05) is 0 Å². The van der Waals surface area contributed by atoms with Crippen LogP contribution < -0.4 is 5.32 Å². The molecule has 0 bridgehead atoms. The van der Waals surface area contributed by atoms with Crippen molar-refractivity contribution in [2.75, 3.05) is 25.0 Å². The van der Waals surface area contributed by atoms with Crippen molar-refractivity contribution < 1.29 is 14.5 Å². The van der Waals surface area contributed by atoms with E-state index < -0.39 is 4.92 Å². The molecule has 2 rings (SSSR count). The first-order valence-corrected chi connectivity index (χ1v) is 8.54. The van der Waals surface area contributed by atoms with Crippen LogP contribution in [0.1, 0.15) is 45.0 Å².